The maximum absolute atomic E-state index is 13.0. The van der Waals surface area contributed by atoms with E-state index in [2.05, 4.69) is 9.97 Å². The predicted molar refractivity (Wildman–Crippen MR) is 117 cm³/mol. The summed E-state index contributed by atoms with van der Waals surface area (Å²) in [6.45, 7) is 1.67. The largest absolute Gasteiger partial charge is 0.332 e. The number of amides is 2. The van der Waals surface area contributed by atoms with Crippen LogP contribution in [0.25, 0.3) is 10.9 Å². The molecule has 3 aromatic rings. The Morgan fingerprint density at radius 3 is 2.60 bits per heavy atom. The molecule has 0 bridgehead atoms. The number of nitrogens with zero attached hydrogens (tertiary/aromatic N) is 3. The van der Waals surface area contributed by atoms with Crippen molar-refractivity contribution >= 4 is 33.8 Å². The maximum atomic E-state index is 13.0. The first-order valence-corrected chi connectivity index (χ1v) is 10.8. The lowest BCUT2D eigenvalue weighted by Crippen LogP contribution is -2.35. The molecular formula is C22H22N4O3S. The molecule has 8 heteroatoms. The number of aromatic nitrogens is 2. The van der Waals surface area contributed by atoms with Crippen molar-refractivity contribution in [3.05, 3.63) is 76.3 Å². The van der Waals surface area contributed by atoms with Gasteiger partial charge in [-0.05, 0) is 17.7 Å². The number of carbonyl (C=O) groups excluding carboxylic acids is 2. The molecule has 1 fully saturated rings. The topological polar surface area (TPSA) is 86.4 Å². The van der Waals surface area contributed by atoms with E-state index in [-0.39, 0.29) is 29.7 Å². The normalized spacial score (nSPS) is 13.7. The van der Waals surface area contributed by atoms with E-state index in [0.29, 0.717) is 36.4 Å². The highest BCUT2D eigenvalue weighted by molar-refractivity contribution is 8.13. The zero-order valence-corrected chi connectivity index (χ0v) is 17.2. The number of para-hydroxylation sites is 1. The minimum atomic E-state index is -0.220. The Labute approximate surface area is 178 Å². The molecule has 30 heavy (non-hydrogen) atoms. The number of hydrogen-bond donors (Lipinski definition) is 1. The van der Waals surface area contributed by atoms with Crippen LogP contribution in [0.5, 0.6) is 0 Å². The average Bonchev–Trinajstić information content (AvgIpc) is 3.17. The first-order chi connectivity index (χ1) is 14.6. The number of carbonyl (C=O) groups is 2. The van der Waals surface area contributed by atoms with Gasteiger partial charge in [0.1, 0.15) is 5.82 Å². The second-order valence-corrected chi connectivity index (χ2v) is 8.16. The molecule has 1 N–H and O–H groups in total. The van der Waals surface area contributed by atoms with Gasteiger partial charge in [0.2, 0.25) is 5.91 Å². The van der Waals surface area contributed by atoms with Gasteiger partial charge in [-0.3, -0.25) is 14.4 Å². The zero-order chi connectivity index (χ0) is 20.9. The average molecular weight is 423 g/mol. The first-order valence-electron chi connectivity index (χ1n) is 9.81. The second kappa shape index (κ2) is 9.13. The van der Waals surface area contributed by atoms with Gasteiger partial charge in [-0.25, -0.2) is 4.98 Å². The smallest absolute Gasteiger partial charge is 0.281 e. The highest BCUT2D eigenvalue weighted by Crippen LogP contribution is 2.18. The summed E-state index contributed by atoms with van der Waals surface area (Å²) in [5.74, 6) is 1.12. The maximum Gasteiger partial charge on any atom is 0.281 e. The number of H-pyrrole nitrogens is 1. The van der Waals surface area contributed by atoms with Crippen LogP contribution in [0.3, 0.4) is 0 Å². The van der Waals surface area contributed by atoms with E-state index in [0.717, 1.165) is 11.3 Å². The Morgan fingerprint density at radius 1 is 1.07 bits per heavy atom. The Balaban J connectivity index is 1.54. The molecule has 0 radical (unpaired) electrons. The first kappa shape index (κ1) is 20.2. The Kier molecular flexibility index (Phi) is 6.13. The van der Waals surface area contributed by atoms with Gasteiger partial charge in [-0.1, -0.05) is 54.2 Å². The molecule has 1 aliphatic heterocycles. The van der Waals surface area contributed by atoms with Crippen molar-refractivity contribution < 1.29 is 9.59 Å². The van der Waals surface area contributed by atoms with Crippen LogP contribution in [-0.4, -0.2) is 49.8 Å². The third-order valence-electron chi connectivity index (χ3n) is 5.01. The summed E-state index contributed by atoms with van der Waals surface area (Å²) in [5.41, 5.74) is 1.37. The molecule has 4 rings (SSSR count). The third kappa shape index (κ3) is 4.71. The molecule has 1 saturated heterocycles. The molecule has 0 saturated carbocycles. The van der Waals surface area contributed by atoms with Crippen LogP contribution in [0.1, 0.15) is 17.8 Å². The van der Waals surface area contributed by atoms with Crippen LogP contribution >= 0.6 is 11.8 Å². The standard InChI is InChI=1S/C22H22N4O3S/c27-20(10-11-25-12-13-30-22(25)29)26(14-16-6-2-1-3-7-16)15-19-23-18-9-5-4-8-17(18)21(28)24-19/h1-9H,10-15H2,(H,23,24,28). The highest BCUT2D eigenvalue weighted by atomic mass is 32.2. The van der Waals surface area contributed by atoms with E-state index in [1.165, 1.54) is 11.8 Å². The SMILES string of the molecule is O=C(CCN1CCSC1=O)N(Cc1ccccc1)Cc1nc2ccccc2c(=O)[nH]1. The van der Waals surface area contributed by atoms with Crippen molar-refractivity contribution in [1.29, 1.82) is 0 Å². The van der Waals surface area contributed by atoms with E-state index < -0.39 is 0 Å². The lowest BCUT2D eigenvalue weighted by molar-refractivity contribution is -0.132. The summed E-state index contributed by atoms with van der Waals surface area (Å²) in [5, 5.41) is 0.546. The van der Waals surface area contributed by atoms with E-state index in [4.69, 9.17) is 0 Å². The lowest BCUT2D eigenvalue weighted by atomic mass is 10.2. The van der Waals surface area contributed by atoms with Gasteiger partial charge in [0.25, 0.3) is 10.8 Å². The number of rotatable bonds is 7. The van der Waals surface area contributed by atoms with Crippen molar-refractivity contribution in [3.63, 3.8) is 0 Å². The van der Waals surface area contributed by atoms with Gasteiger partial charge in [0, 0.05) is 31.8 Å². The Morgan fingerprint density at radius 2 is 1.83 bits per heavy atom. The third-order valence-corrected chi connectivity index (χ3v) is 5.90. The number of nitrogens with one attached hydrogen (secondary N) is 1. The van der Waals surface area contributed by atoms with E-state index >= 15 is 0 Å². The molecule has 2 aromatic carbocycles. The Bertz CT molecular complexity index is 1120. The van der Waals surface area contributed by atoms with Crippen molar-refractivity contribution in [2.75, 3.05) is 18.8 Å². The summed E-state index contributed by atoms with van der Waals surface area (Å²) in [6, 6.07) is 16.8. The van der Waals surface area contributed by atoms with Gasteiger partial charge in [0.15, 0.2) is 0 Å². The van der Waals surface area contributed by atoms with Gasteiger partial charge in [-0.15, -0.1) is 0 Å². The number of benzene rings is 2. The van der Waals surface area contributed by atoms with Crippen LogP contribution in [0.15, 0.2) is 59.4 Å². The molecule has 2 heterocycles. The number of hydrogen-bond acceptors (Lipinski definition) is 5. The predicted octanol–water partition coefficient (Wildman–Crippen LogP) is 3.01. The summed E-state index contributed by atoms with van der Waals surface area (Å²) in [6.07, 6.45) is 0.233. The molecular weight excluding hydrogens is 400 g/mol. The van der Waals surface area contributed by atoms with Crippen LogP contribution in [0, 0.1) is 0 Å². The van der Waals surface area contributed by atoms with Gasteiger partial charge >= 0.3 is 0 Å². The van der Waals surface area contributed by atoms with Crippen molar-refractivity contribution in [3.8, 4) is 0 Å². The number of fused-ring (bicyclic) bond motifs is 1. The van der Waals surface area contributed by atoms with Crippen molar-refractivity contribution in [2.24, 2.45) is 0 Å². The minimum Gasteiger partial charge on any atom is -0.332 e. The molecule has 0 atom stereocenters. The second-order valence-electron chi connectivity index (χ2n) is 7.12. The van der Waals surface area contributed by atoms with Gasteiger partial charge in [0.05, 0.1) is 17.4 Å². The lowest BCUT2D eigenvalue weighted by Gasteiger charge is -2.24. The summed E-state index contributed by atoms with van der Waals surface area (Å²) in [7, 11) is 0. The van der Waals surface area contributed by atoms with E-state index in [1.807, 2.05) is 36.4 Å². The number of aromatic amines is 1. The molecule has 1 aliphatic rings. The van der Waals surface area contributed by atoms with Crippen molar-refractivity contribution in [2.45, 2.75) is 19.5 Å². The molecule has 1 aromatic heterocycles. The van der Waals surface area contributed by atoms with Crippen LogP contribution in [-0.2, 0) is 17.9 Å². The summed E-state index contributed by atoms with van der Waals surface area (Å²) < 4.78 is 0. The fourth-order valence-electron chi connectivity index (χ4n) is 3.44. The minimum absolute atomic E-state index is 0.0259. The quantitative estimate of drug-likeness (QED) is 0.633. The molecule has 0 unspecified atom stereocenters. The fraction of sp³-hybridized carbons (Fsp3) is 0.273. The number of thioether (sulfide) groups is 1. The van der Waals surface area contributed by atoms with Crippen LogP contribution in [0.4, 0.5) is 4.79 Å². The fourth-order valence-corrected chi connectivity index (χ4v) is 4.30. The molecule has 2 amide bonds. The van der Waals surface area contributed by atoms with Crippen LogP contribution in [0.2, 0.25) is 0 Å². The molecule has 154 valence electrons. The molecule has 0 spiro atoms. The Hall–Kier alpha value is -3.13. The van der Waals surface area contributed by atoms with Gasteiger partial charge in [-0.2, -0.15) is 0 Å². The molecule has 7 nitrogen and oxygen atoms in total. The monoisotopic (exact) mass is 422 g/mol. The summed E-state index contributed by atoms with van der Waals surface area (Å²) >= 11 is 1.29. The van der Waals surface area contributed by atoms with Crippen LogP contribution < -0.4 is 5.56 Å². The van der Waals surface area contributed by atoms with E-state index in [1.54, 1.807) is 28.0 Å². The van der Waals surface area contributed by atoms with Crippen molar-refractivity contribution in [1.82, 2.24) is 19.8 Å². The van der Waals surface area contributed by atoms with Gasteiger partial charge < -0.3 is 14.8 Å². The zero-order valence-electron chi connectivity index (χ0n) is 16.4. The summed E-state index contributed by atoms with van der Waals surface area (Å²) in [4.78, 5) is 48.0. The highest BCUT2D eigenvalue weighted by Gasteiger charge is 2.23. The molecule has 0 aliphatic carbocycles. The van der Waals surface area contributed by atoms with E-state index in [9.17, 15) is 14.4 Å².